The van der Waals surface area contributed by atoms with E-state index in [4.69, 9.17) is 0 Å². The van der Waals surface area contributed by atoms with Crippen molar-refractivity contribution in [3.05, 3.63) is 48.3 Å². The molecule has 1 N–H and O–H groups in total. The van der Waals surface area contributed by atoms with Crippen molar-refractivity contribution in [3.63, 3.8) is 0 Å². The Balaban J connectivity index is 1.78. The number of pyridine rings is 1. The Morgan fingerprint density at radius 1 is 1.29 bits per heavy atom. The number of sulfonamides is 1. The van der Waals surface area contributed by atoms with E-state index in [1.54, 1.807) is 42.7 Å². The average molecular weight is 346 g/mol. The molecule has 0 fully saturated rings. The first-order valence-corrected chi connectivity index (χ1v) is 8.78. The second kappa shape index (κ2) is 6.17. The summed E-state index contributed by atoms with van der Waals surface area (Å²) in [6, 6.07) is 5.57. The number of nitrogens with one attached hydrogen (secondary N) is 1. The normalized spacial score (nSPS) is 11.8. The molecule has 0 aromatic carbocycles. The van der Waals surface area contributed by atoms with Crippen molar-refractivity contribution in [2.45, 2.75) is 18.5 Å². The van der Waals surface area contributed by atoms with Crippen LogP contribution in [0.25, 0.3) is 11.3 Å². The molecule has 8 nitrogen and oxygen atoms in total. The van der Waals surface area contributed by atoms with E-state index in [1.165, 1.54) is 6.20 Å². The maximum atomic E-state index is 12.3. The highest BCUT2D eigenvalue weighted by molar-refractivity contribution is 7.89. The number of aryl methyl sites for hydroxylation is 3. The van der Waals surface area contributed by atoms with Crippen molar-refractivity contribution >= 4 is 10.0 Å². The fraction of sp³-hybridized carbons (Fsp3) is 0.267. The topological polar surface area (TPSA) is 94.7 Å². The first-order valence-electron chi connectivity index (χ1n) is 7.30. The van der Waals surface area contributed by atoms with Crippen LogP contribution < -0.4 is 4.72 Å². The second-order valence-electron chi connectivity index (χ2n) is 5.45. The third kappa shape index (κ3) is 3.22. The van der Waals surface area contributed by atoms with Gasteiger partial charge in [0.25, 0.3) is 10.0 Å². The van der Waals surface area contributed by atoms with Crippen LogP contribution in [-0.4, -0.2) is 32.7 Å². The molecule has 0 atom stereocenters. The molecule has 0 saturated carbocycles. The van der Waals surface area contributed by atoms with Crippen molar-refractivity contribution in [2.75, 3.05) is 0 Å². The summed E-state index contributed by atoms with van der Waals surface area (Å²) in [5, 5.41) is 4.41. The van der Waals surface area contributed by atoms with Gasteiger partial charge in [-0.05, 0) is 25.1 Å². The fourth-order valence-corrected chi connectivity index (χ4v) is 3.26. The van der Waals surface area contributed by atoms with E-state index in [2.05, 4.69) is 19.8 Å². The molecule has 0 aliphatic carbocycles. The summed E-state index contributed by atoms with van der Waals surface area (Å²) < 4.78 is 30.5. The summed E-state index contributed by atoms with van der Waals surface area (Å²) in [5.41, 5.74) is 2.36. The van der Waals surface area contributed by atoms with Gasteiger partial charge in [-0.15, -0.1) is 0 Å². The first kappa shape index (κ1) is 16.3. The minimum absolute atomic E-state index is 0.0113. The molecule has 24 heavy (non-hydrogen) atoms. The Morgan fingerprint density at radius 2 is 2.08 bits per heavy atom. The molecule has 3 heterocycles. The minimum atomic E-state index is -3.67. The Hall–Kier alpha value is -2.52. The number of nitrogens with zero attached hydrogens (tertiary/aromatic N) is 5. The third-order valence-electron chi connectivity index (χ3n) is 3.74. The zero-order chi connectivity index (χ0) is 17.3. The van der Waals surface area contributed by atoms with Crippen LogP contribution in [0.5, 0.6) is 0 Å². The van der Waals surface area contributed by atoms with Crippen LogP contribution >= 0.6 is 0 Å². The molecule has 126 valence electrons. The Morgan fingerprint density at radius 3 is 2.71 bits per heavy atom. The molecule has 0 saturated heterocycles. The molecular formula is C15H18N6O2S. The van der Waals surface area contributed by atoms with Crippen LogP contribution in [0.3, 0.4) is 0 Å². The lowest BCUT2D eigenvalue weighted by Gasteiger charge is -2.04. The predicted octanol–water partition coefficient (Wildman–Crippen LogP) is 1.00. The highest BCUT2D eigenvalue weighted by atomic mass is 32.2. The minimum Gasteiger partial charge on any atom is -0.337 e. The van der Waals surface area contributed by atoms with Gasteiger partial charge in [-0.25, -0.2) is 18.1 Å². The van der Waals surface area contributed by atoms with Crippen LogP contribution in [0.1, 0.15) is 11.5 Å². The lowest BCUT2D eigenvalue weighted by atomic mass is 10.2. The Bertz CT molecular complexity index is 940. The quantitative estimate of drug-likeness (QED) is 0.744. The first-order chi connectivity index (χ1) is 11.4. The second-order valence-corrected chi connectivity index (χ2v) is 7.16. The largest absolute Gasteiger partial charge is 0.337 e. The summed E-state index contributed by atoms with van der Waals surface area (Å²) in [4.78, 5) is 8.12. The zero-order valence-electron chi connectivity index (χ0n) is 13.6. The van der Waals surface area contributed by atoms with Crippen molar-refractivity contribution in [1.29, 1.82) is 0 Å². The van der Waals surface area contributed by atoms with E-state index in [-0.39, 0.29) is 11.6 Å². The van der Waals surface area contributed by atoms with Gasteiger partial charge >= 0.3 is 0 Å². The molecule has 0 aliphatic heterocycles. The van der Waals surface area contributed by atoms with E-state index < -0.39 is 10.0 Å². The molecule has 0 spiro atoms. The lowest BCUT2D eigenvalue weighted by Crippen LogP contribution is -2.24. The number of hydrogen-bond acceptors (Lipinski definition) is 5. The monoisotopic (exact) mass is 346 g/mol. The van der Waals surface area contributed by atoms with Crippen LogP contribution in [0.4, 0.5) is 0 Å². The molecule has 3 aromatic heterocycles. The van der Waals surface area contributed by atoms with Crippen LogP contribution in [0, 0.1) is 6.92 Å². The number of rotatable bonds is 5. The molecule has 3 rings (SSSR count). The van der Waals surface area contributed by atoms with Gasteiger partial charge in [0, 0.05) is 38.2 Å². The molecule has 0 aliphatic rings. The number of imidazole rings is 1. The summed E-state index contributed by atoms with van der Waals surface area (Å²) in [5.74, 6) is 0.634. The van der Waals surface area contributed by atoms with E-state index in [1.807, 2.05) is 18.2 Å². The SMILES string of the molecule is Cc1nc(S(=O)(=O)NCc2cc(-c3cccnc3)nn2C)cn1C. The highest BCUT2D eigenvalue weighted by Gasteiger charge is 2.19. The molecule has 0 bridgehead atoms. The van der Waals surface area contributed by atoms with E-state index in [0.29, 0.717) is 5.82 Å². The van der Waals surface area contributed by atoms with Gasteiger partial charge in [-0.2, -0.15) is 5.10 Å². The van der Waals surface area contributed by atoms with Crippen LogP contribution in [0.2, 0.25) is 0 Å². The summed E-state index contributed by atoms with van der Waals surface area (Å²) in [6.45, 7) is 1.88. The van der Waals surface area contributed by atoms with Crippen LogP contribution in [-0.2, 0) is 30.7 Å². The van der Waals surface area contributed by atoms with Crippen molar-refractivity contribution < 1.29 is 8.42 Å². The number of aromatic nitrogens is 5. The van der Waals surface area contributed by atoms with Crippen LogP contribution in [0.15, 0.2) is 41.8 Å². The number of hydrogen-bond donors (Lipinski definition) is 1. The van der Waals surface area contributed by atoms with Gasteiger partial charge in [0.2, 0.25) is 0 Å². The predicted molar refractivity (Wildman–Crippen MR) is 88.4 cm³/mol. The van der Waals surface area contributed by atoms with Gasteiger partial charge in [-0.1, -0.05) is 0 Å². The molecule has 3 aromatic rings. The summed E-state index contributed by atoms with van der Waals surface area (Å²) in [7, 11) is -0.143. The van der Waals surface area contributed by atoms with Gasteiger partial charge in [0.15, 0.2) is 5.03 Å². The molecule has 0 radical (unpaired) electrons. The Labute approximate surface area is 140 Å². The third-order valence-corrected chi connectivity index (χ3v) is 5.01. The lowest BCUT2D eigenvalue weighted by molar-refractivity contribution is 0.574. The standard InChI is InChI=1S/C15H18N6O2S/c1-11-18-15(10-20(11)2)24(22,23)17-9-13-7-14(19-21(13)3)12-5-4-6-16-8-12/h4-8,10,17H,9H2,1-3H3. The van der Waals surface area contributed by atoms with E-state index in [0.717, 1.165) is 17.0 Å². The molecule has 0 unspecified atom stereocenters. The Kier molecular flexibility index (Phi) is 4.20. The van der Waals surface area contributed by atoms with Crippen molar-refractivity contribution in [3.8, 4) is 11.3 Å². The van der Waals surface area contributed by atoms with Gasteiger partial charge < -0.3 is 4.57 Å². The molecule has 9 heteroatoms. The van der Waals surface area contributed by atoms with Gasteiger partial charge in [-0.3, -0.25) is 9.67 Å². The molecular weight excluding hydrogens is 328 g/mol. The van der Waals surface area contributed by atoms with Gasteiger partial charge in [0.05, 0.1) is 17.9 Å². The van der Waals surface area contributed by atoms with Crippen molar-refractivity contribution in [2.24, 2.45) is 14.1 Å². The maximum absolute atomic E-state index is 12.3. The zero-order valence-corrected chi connectivity index (χ0v) is 14.4. The average Bonchev–Trinajstić information content (AvgIpc) is 3.10. The fourth-order valence-electron chi connectivity index (χ4n) is 2.23. The van der Waals surface area contributed by atoms with Crippen molar-refractivity contribution in [1.82, 2.24) is 29.0 Å². The summed E-state index contributed by atoms with van der Waals surface area (Å²) in [6.07, 6.45) is 4.89. The van der Waals surface area contributed by atoms with Gasteiger partial charge in [0.1, 0.15) is 5.82 Å². The van der Waals surface area contributed by atoms with E-state index in [9.17, 15) is 8.42 Å². The smallest absolute Gasteiger partial charge is 0.259 e. The molecule has 0 amide bonds. The van der Waals surface area contributed by atoms with E-state index >= 15 is 0 Å². The summed E-state index contributed by atoms with van der Waals surface area (Å²) >= 11 is 0. The maximum Gasteiger partial charge on any atom is 0.259 e. The highest BCUT2D eigenvalue weighted by Crippen LogP contribution is 2.17.